The lowest BCUT2D eigenvalue weighted by Crippen LogP contribution is -2.16. The summed E-state index contributed by atoms with van der Waals surface area (Å²) in [4.78, 5) is 13.7. The van der Waals surface area contributed by atoms with Gasteiger partial charge >= 0.3 is 0 Å². The van der Waals surface area contributed by atoms with Crippen molar-refractivity contribution in [3.8, 4) is 22.4 Å². The molecule has 3 aromatic heterocycles. The van der Waals surface area contributed by atoms with Crippen molar-refractivity contribution >= 4 is 45.0 Å². The lowest BCUT2D eigenvalue weighted by molar-refractivity contribution is 0.320. The van der Waals surface area contributed by atoms with Crippen LogP contribution in [0.4, 0.5) is 11.5 Å². The molecule has 0 aliphatic heterocycles. The van der Waals surface area contributed by atoms with Crippen molar-refractivity contribution in [1.82, 2.24) is 19.5 Å². The summed E-state index contributed by atoms with van der Waals surface area (Å²) in [7, 11) is 0. The van der Waals surface area contributed by atoms with Gasteiger partial charge in [-0.1, -0.05) is 41.9 Å². The van der Waals surface area contributed by atoms with E-state index in [1.807, 2.05) is 36.4 Å². The topological polar surface area (TPSA) is 95.6 Å². The highest BCUT2D eigenvalue weighted by Crippen LogP contribution is 2.41. The largest absolute Gasteiger partial charge is 0.398 e. The number of benzene rings is 2. The van der Waals surface area contributed by atoms with Crippen LogP contribution in [0.5, 0.6) is 0 Å². The van der Waals surface area contributed by atoms with Crippen LogP contribution in [0, 0.1) is 0 Å². The van der Waals surface area contributed by atoms with E-state index in [1.165, 1.54) is 12.7 Å². The van der Waals surface area contributed by atoms with Crippen LogP contribution in [0.2, 0.25) is 5.02 Å². The maximum atomic E-state index is 6.57. The predicted octanol–water partition coefficient (Wildman–Crippen LogP) is 5.86. The average Bonchev–Trinajstić information content (AvgIpc) is 3.13. The second-order valence-corrected chi connectivity index (χ2v) is 8.71. The maximum absolute atomic E-state index is 6.57. The summed E-state index contributed by atoms with van der Waals surface area (Å²) in [6, 6.07) is 16.2. The van der Waals surface area contributed by atoms with Gasteiger partial charge < -0.3 is 16.0 Å². The summed E-state index contributed by atoms with van der Waals surface area (Å²) >= 11 is 6.57. The van der Waals surface area contributed by atoms with Gasteiger partial charge in [-0.05, 0) is 43.0 Å². The van der Waals surface area contributed by atoms with E-state index in [-0.39, 0.29) is 0 Å². The number of hydrogen-bond donors (Lipinski definition) is 2. The van der Waals surface area contributed by atoms with E-state index >= 15 is 0 Å². The molecule has 0 unspecified atom stereocenters. The predicted molar refractivity (Wildman–Crippen MR) is 130 cm³/mol. The Morgan fingerprint density at radius 3 is 2.59 bits per heavy atom. The first-order valence-corrected chi connectivity index (χ1v) is 11.0. The van der Waals surface area contributed by atoms with Crippen molar-refractivity contribution in [3.05, 3.63) is 66.1 Å². The number of para-hydroxylation sites is 1. The highest BCUT2D eigenvalue weighted by atomic mass is 35.5. The number of fused-ring (bicyclic) bond motifs is 2. The summed E-state index contributed by atoms with van der Waals surface area (Å²) in [5.41, 5.74) is 18.4. The van der Waals surface area contributed by atoms with Crippen molar-refractivity contribution in [2.75, 3.05) is 11.5 Å². The number of aromatic nitrogens is 4. The van der Waals surface area contributed by atoms with Gasteiger partial charge in [0.05, 0.1) is 21.6 Å². The maximum Gasteiger partial charge on any atom is 0.146 e. The second-order valence-electron chi connectivity index (χ2n) is 8.31. The molecule has 1 aliphatic carbocycles. The molecule has 32 heavy (non-hydrogen) atoms. The molecule has 0 bridgehead atoms. The molecule has 7 heteroatoms. The van der Waals surface area contributed by atoms with Crippen molar-refractivity contribution in [1.29, 1.82) is 0 Å². The highest BCUT2D eigenvalue weighted by Gasteiger charge is 2.24. The first-order valence-electron chi connectivity index (χ1n) is 10.7. The minimum Gasteiger partial charge on any atom is -0.398 e. The van der Waals surface area contributed by atoms with Gasteiger partial charge in [0.15, 0.2) is 0 Å². The molecule has 0 radical (unpaired) electrons. The lowest BCUT2D eigenvalue weighted by Gasteiger charge is -2.27. The van der Waals surface area contributed by atoms with Crippen LogP contribution in [0.25, 0.3) is 44.3 Å². The zero-order valence-corrected chi connectivity index (χ0v) is 18.0. The average molecular weight is 441 g/mol. The molecular weight excluding hydrogens is 420 g/mol. The van der Waals surface area contributed by atoms with Crippen LogP contribution in [0.15, 0.2) is 61.1 Å². The fourth-order valence-electron chi connectivity index (χ4n) is 4.48. The third-order valence-corrected chi connectivity index (χ3v) is 6.69. The summed E-state index contributed by atoms with van der Waals surface area (Å²) in [6.45, 7) is 0. The minimum absolute atomic E-state index is 0.464. The number of nitrogens with two attached hydrogens (primary N) is 2. The molecule has 6 nitrogen and oxygen atoms in total. The molecule has 4 N–H and O–H groups in total. The zero-order valence-electron chi connectivity index (χ0n) is 17.3. The van der Waals surface area contributed by atoms with Gasteiger partial charge in [-0.2, -0.15) is 0 Å². The molecule has 1 fully saturated rings. The smallest absolute Gasteiger partial charge is 0.146 e. The van der Waals surface area contributed by atoms with Gasteiger partial charge in [0.25, 0.3) is 0 Å². The van der Waals surface area contributed by atoms with Gasteiger partial charge in [-0.3, -0.25) is 0 Å². The Labute approximate surface area is 189 Å². The molecule has 3 heterocycles. The minimum atomic E-state index is 0.464. The van der Waals surface area contributed by atoms with Crippen LogP contribution in [0.1, 0.15) is 25.3 Å². The van der Waals surface area contributed by atoms with Crippen LogP contribution < -0.4 is 11.5 Å². The molecule has 0 spiro atoms. The Kier molecular flexibility index (Phi) is 4.30. The number of halogens is 1. The molecular formula is C25H21ClN6. The molecule has 0 atom stereocenters. The number of rotatable bonds is 3. The van der Waals surface area contributed by atoms with Crippen molar-refractivity contribution in [2.45, 2.75) is 25.3 Å². The Balaban J connectivity index is 1.56. The van der Waals surface area contributed by atoms with Gasteiger partial charge in [0, 0.05) is 34.4 Å². The highest BCUT2D eigenvalue weighted by molar-refractivity contribution is 6.34. The standard InChI is InChI=1S/C25H21ClN6/c26-19-10-15-9-8-14(11-21(15)31-23(19)17-6-1-2-7-20(17)27)18-12-32(16-4-3-5-16)25-22(18)24(28)29-13-30-25/h1-2,6-13,16H,3-5,27H2,(H2,28,29,30). The molecule has 6 rings (SSSR count). The summed E-state index contributed by atoms with van der Waals surface area (Å²) < 4.78 is 2.25. The lowest BCUT2D eigenvalue weighted by atomic mass is 9.93. The summed E-state index contributed by atoms with van der Waals surface area (Å²) in [6.07, 6.45) is 7.26. The van der Waals surface area contributed by atoms with E-state index in [1.54, 1.807) is 0 Å². The molecule has 1 saturated carbocycles. The number of anilines is 2. The van der Waals surface area contributed by atoms with Crippen LogP contribution in [-0.2, 0) is 0 Å². The molecule has 2 aromatic carbocycles. The molecule has 0 saturated heterocycles. The van der Waals surface area contributed by atoms with Crippen molar-refractivity contribution < 1.29 is 0 Å². The Morgan fingerprint density at radius 2 is 1.81 bits per heavy atom. The van der Waals surface area contributed by atoms with Gasteiger partial charge in [-0.15, -0.1) is 0 Å². The SMILES string of the molecule is Nc1ccccc1-c1nc2cc(-c3cn(C4CCC4)c4ncnc(N)c34)ccc2cc1Cl. The molecule has 5 aromatic rings. The quantitative estimate of drug-likeness (QED) is 0.343. The number of hydrogen-bond acceptors (Lipinski definition) is 5. The first kappa shape index (κ1) is 19.1. The van der Waals surface area contributed by atoms with E-state index < -0.39 is 0 Å². The third kappa shape index (κ3) is 2.91. The number of pyridine rings is 1. The van der Waals surface area contributed by atoms with E-state index in [9.17, 15) is 0 Å². The summed E-state index contributed by atoms with van der Waals surface area (Å²) in [5.74, 6) is 0.491. The Hall–Kier alpha value is -3.64. The monoisotopic (exact) mass is 440 g/mol. The zero-order chi connectivity index (χ0) is 21.8. The van der Waals surface area contributed by atoms with Crippen LogP contribution in [-0.4, -0.2) is 19.5 Å². The van der Waals surface area contributed by atoms with E-state index in [0.717, 1.165) is 51.5 Å². The van der Waals surface area contributed by atoms with Gasteiger partial charge in [0.2, 0.25) is 0 Å². The van der Waals surface area contributed by atoms with Crippen LogP contribution in [0.3, 0.4) is 0 Å². The Bertz CT molecular complexity index is 1500. The Morgan fingerprint density at radius 1 is 0.969 bits per heavy atom. The first-order chi connectivity index (χ1) is 15.6. The van der Waals surface area contributed by atoms with Gasteiger partial charge in [0.1, 0.15) is 17.8 Å². The van der Waals surface area contributed by atoms with Crippen LogP contribution >= 0.6 is 11.6 Å². The van der Waals surface area contributed by atoms with Gasteiger partial charge in [-0.25, -0.2) is 15.0 Å². The number of nitrogens with zero attached hydrogens (tertiary/aromatic N) is 4. The number of nitrogen functional groups attached to an aromatic ring is 2. The fourth-order valence-corrected chi connectivity index (χ4v) is 4.74. The molecule has 0 amide bonds. The van der Waals surface area contributed by atoms with E-state index in [0.29, 0.717) is 28.3 Å². The summed E-state index contributed by atoms with van der Waals surface area (Å²) in [5, 5.41) is 2.42. The third-order valence-electron chi connectivity index (χ3n) is 6.40. The normalized spacial score (nSPS) is 14.2. The second kappa shape index (κ2) is 7.21. The fraction of sp³-hybridized carbons (Fsp3) is 0.160. The molecule has 1 aliphatic rings. The van der Waals surface area contributed by atoms with E-state index in [4.69, 9.17) is 28.1 Å². The van der Waals surface area contributed by atoms with Crippen molar-refractivity contribution in [3.63, 3.8) is 0 Å². The van der Waals surface area contributed by atoms with Crippen molar-refractivity contribution in [2.24, 2.45) is 0 Å². The molecule has 158 valence electrons. The van der Waals surface area contributed by atoms with E-state index in [2.05, 4.69) is 32.9 Å².